The maximum atomic E-state index is 6.53. The standard InChI is InChI=1S/C26H26Cl2N4OS2/c1-5-17-18-7-6-16(8-21(18)35-25(17)23-19(27)9-29-15(4)31-23)11-33-26-30-10-20(28)22(32-26)24-14(3)13(2)12-34-24/h6-10,12,22-23H,5,11H2,1-4H3,(H,29,31)(H,30,32). The average Bonchev–Trinajstić information content (AvgIpc) is 3.39. The number of benzene rings is 1. The number of nitrogens with zero attached hydrogens (tertiary/aromatic N) is 2. The largest absolute Gasteiger partial charge is 0.460 e. The van der Waals surface area contributed by atoms with Crippen LogP contribution < -0.4 is 10.6 Å². The molecule has 1 aromatic carbocycles. The Labute approximate surface area is 223 Å². The molecule has 0 fully saturated rings. The van der Waals surface area contributed by atoms with E-state index >= 15 is 0 Å². The highest BCUT2D eigenvalue weighted by Gasteiger charge is 2.26. The van der Waals surface area contributed by atoms with Gasteiger partial charge in [0.2, 0.25) is 0 Å². The minimum absolute atomic E-state index is 0.0557. The van der Waals surface area contributed by atoms with Crippen molar-refractivity contribution in [2.45, 2.75) is 52.8 Å². The van der Waals surface area contributed by atoms with Crippen LogP contribution in [0.3, 0.4) is 0 Å². The third kappa shape index (κ3) is 4.75. The lowest BCUT2D eigenvalue weighted by molar-refractivity contribution is 0.273. The minimum Gasteiger partial charge on any atom is -0.460 e. The van der Waals surface area contributed by atoms with E-state index in [9.17, 15) is 0 Å². The van der Waals surface area contributed by atoms with E-state index in [1.807, 2.05) is 6.92 Å². The van der Waals surface area contributed by atoms with Gasteiger partial charge >= 0.3 is 0 Å². The molecule has 2 atom stereocenters. The molecule has 2 aromatic heterocycles. The molecular formula is C26H26Cl2N4OS2. The summed E-state index contributed by atoms with van der Waals surface area (Å²) in [7, 11) is 0. The van der Waals surface area contributed by atoms with Crippen molar-refractivity contribution < 1.29 is 4.74 Å². The summed E-state index contributed by atoms with van der Waals surface area (Å²) in [6.45, 7) is 8.78. The maximum absolute atomic E-state index is 6.53. The molecule has 35 heavy (non-hydrogen) atoms. The average molecular weight is 546 g/mol. The van der Waals surface area contributed by atoms with Gasteiger partial charge in [0.1, 0.15) is 12.6 Å². The predicted molar refractivity (Wildman–Crippen MR) is 150 cm³/mol. The number of aliphatic imine (C=N–C) groups is 2. The summed E-state index contributed by atoms with van der Waals surface area (Å²) in [5.41, 5.74) is 4.90. The van der Waals surface area contributed by atoms with Crippen LogP contribution in [-0.4, -0.2) is 11.9 Å². The SMILES string of the molecule is CCc1c(C2NC(C)=NC=C2Cl)sc2cc(COC3=NC=C(Cl)C(c4scc(C)c4C)N3)ccc12. The number of halogens is 2. The van der Waals surface area contributed by atoms with Crippen molar-refractivity contribution in [1.82, 2.24) is 10.6 Å². The van der Waals surface area contributed by atoms with E-state index in [1.165, 1.54) is 36.5 Å². The summed E-state index contributed by atoms with van der Waals surface area (Å²) in [6.07, 6.45) is 4.35. The van der Waals surface area contributed by atoms with Crippen molar-refractivity contribution in [3.63, 3.8) is 0 Å². The molecule has 2 aliphatic rings. The zero-order chi connectivity index (χ0) is 24.7. The van der Waals surface area contributed by atoms with Gasteiger partial charge in [-0.05, 0) is 66.3 Å². The third-order valence-corrected chi connectivity index (χ3v) is 9.48. The lowest BCUT2D eigenvalue weighted by Gasteiger charge is -2.23. The number of ether oxygens (including phenoxy) is 1. The van der Waals surface area contributed by atoms with Crippen LogP contribution in [0, 0.1) is 13.8 Å². The Morgan fingerprint density at radius 1 is 1.00 bits per heavy atom. The summed E-state index contributed by atoms with van der Waals surface area (Å²) in [4.78, 5) is 11.1. The molecule has 0 saturated carbocycles. The highest BCUT2D eigenvalue weighted by Crippen LogP contribution is 2.40. The van der Waals surface area contributed by atoms with Gasteiger partial charge in [0, 0.05) is 26.9 Å². The fourth-order valence-electron chi connectivity index (χ4n) is 4.29. The van der Waals surface area contributed by atoms with E-state index in [2.05, 4.69) is 65.0 Å². The smallest absolute Gasteiger partial charge is 0.290 e. The first-order valence-corrected chi connectivity index (χ1v) is 13.9. The fourth-order valence-corrected chi connectivity index (χ4v) is 7.42. The molecule has 2 aliphatic heterocycles. The second kappa shape index (κ2) is 9.97. The van der Waals surface area contributed by atoms with E-state index in [4.69, 9.17) is 27.9 Å². The maximum Gasteiger partial charge on any atom is 0.290 e. The molecule has 0 aliphatic carbocycles. The number of hydrogen-bond donors (Lipinski definition) is 2. The predicted octanol–water partition coefficient (Wildman–Crippen LogP) is 7.58. The van der Waals surface area contributed by atoms with Crippen LogP contribution in [0.2, 0.25) is 0 Å². The highest BCUT2D eigenvalue weighted by atomic mass is 35.5. The molecule has 0 amide bonds. The van der Waals surface area contributed by atoms with Crippen LogP contribution in [0.25, 0.3) is 10.1 Å². The molecule has 4 heterocycles. The Kier molecular flexibility index (Phi) is 6.95. The van der Waals surface area contributed by atoms with Gasteiger partial charge in [0.25, 0.3) is 6.02 Å². The Hall–Kier alpha value is -2.32. The number of hydrogen-bond acceptors (Lipinski definition) is 7. The molecule has 0 saturated heterocycles. The Morgan fingerprint density at radius 3 is 2.46 bits per heavy atom. The fraction of sp³-hybridized carbons (Fsp3) is 0.308. The zero-order valence-electron chi connectivity index (χ0n) is 19.9. The lowest BCUT2D eigenvalue weighted by atomic mass is 10.0. The first-order chi connectivity index (χ1) is 16.9. The number of aryl methyl sites for hydroxylation is 2. The van der Waals surface area contributed by atoms with E-state index < -0.39 is 0 Å². The first-order valence-electron chi connectivity index (χ1n) is 11.4. The normalized spacial score (nSPS) is 19.9. The van der Waals surface area contributed by atoms with E-state index in [-0.39, 0.29) is 12.1 Å². The molecule has 5 rings (SSSR count). The number of rotatable bonds is 5. The van der Waals surface area contributed by atoms with Gasteiger partial charge in [-0.25, -0.2) is 9.98 Å². The van der Waals surface area contributed by atoms with Crippen LogP contribution in [-0.2, 0) is 17.8 Å². The number of thiophene rings is 2. The molecule has 9 heteroatoms. The monoisotopic (exact) mass is 544 g/mol. The van der Waals surface area contributed by atoms with E-state index in [0.717, 1.165) is 17.8 Å². The Bertz CT molecular complexity index is 1420. The van der Waals surface area contributed by atoms with E-state index in [0.29, 0.717) is 22.7 Å². The van der Waals surface area contributed by atoms with Gasteiger partial charge in [-0.3, -0.25) is 0 Å². The molecule has 0 spiro atoms. The second-order valence-corrected chi connectivity index (χ2v) is 11.5. The van der Waals surface area contributed by atoms with Crippen molar-refractivity contribution >= 4 is 67.8 Å². The summed E-state index contributed by atoms with van der Waals surface area (Å²) in [5, 5.41) is 11.6. The quantitative estimate of drug-likeness (QED) is 0.348. The summed E-state index contributed by atoms with van der Waals surface area (Å²) in [6, 6.07) is 6.78. The molecule has 3 aromatic rings. The molecule has 5 nitrogen and oxygen atoms in total. The van der Waals surface area contributed by atoms with Crippen molar-refractivity contribution in [2.75, 3.05) is 0 Å². The molecule has 0 bridgehead atoms. The van der Waals surface area contributed by atoms with Gasteiger partial charge in [-0.15, -0.1) is 22.7 Å². The van der Waals surface area contributed by atoms with Crippen molar-refractivity contribution in [2.24, 2.45) is 9.98 Å². The van der Waals surface area contributed by atoms with Crippen molar-refractivity contribution in [3.8, 4) is 0 Å². The summed E-state index contributed by atoms with van der Waals surface area (Å²) < 4.78 is 7.28. The minimum atomic E-state index is -0.134. The van der Waals surface area contributed by atoms with Crippen LogP contribution >= 0.6 is 45.9 Å². The Balaban J connectivity index is 1.34. The molecule has 2 unspecified atom stereocenters. The van der Waals surface area contributed by atoms with Crippen LogP contribution in [0.1, 0.15) is 57.9 Å². The van der Waals surface area contributed by atoms with Gasteiger partial charge in [-0.2, -0.15) is 0 Å². The first kappa shape index (κ1) is 24.4. The van der Waals surface area contributed by atoms with Gasteiger partial charge in [0.05, 0.1) is 21.9 Å². The third-order valence-electron chi connectivity index (χ3n) is 6.33. The van der Waals surface area contributed by atoms with Gasteiger partial charge < -0.3 is 15.4 Å². The topological polar surface area (TPSA) is 58.0 Å². The van der Waals surface area contributed by atoms with Gasteiger partial charge in [0.15, 0.2) is 0 Å². The number of amidine groups is 2. The van der Waals surface area contributed by atoms with Crippen LogP contribution in [0.4, 0.5) is 0 Å². The Morgan fingerprint density at radius 2 is 1.74 bits per heavy atom. The molecule has 0 radical (unpaired) electrons. The van der Waals surface area contributed by atoms with Crippen LogP contribution in [0.15, 0.2) is 56.0 Å². The molecule has 2 N–H and O–H groups in total. The lowest BCUT2D eigenvalue weighted by Crippen LogP contribution is -2.32. The summed E-state index contributed by atoms with van der Waals surface area (Å²) >= 11 is 16.5. The number of fused-ring (bicyclic) bond motifs is 1. The van der Waals surface area contributed by atoms with Gasteiger partial charge in [-0.1, -0.05) is 42.3 Å². The number of nitrogens with one attached hydrogen (secondary N) is 2. The summed E-state index contributed by atoms with van der Waals surface area (Å²) in [5.74, 6) is 0.870. The van der Waals surface area contributed by atoms with Crippen LogP contribution in [0.5, 0.6) is 0 Å². The molecule has 182 valence electrons. The highest BCUT2D eigenvalue weighted by molar-refractivity contribution is 7.19. The zero-order valence-corrected chi connectivity index (χ0v) is 23.1. The van der Waals surface area contributed by atoms with Crippen molar-refractivity contribution in [3.05, 3.63) is 78.1 Å². The van der Waals surface area contributed by atoms with E-state index in [1.54, 1.807) is 35.1 Å². The van der Waals surface area contributed by atoms with Crippen molar-refractivity contribution in [1.29, 1.82) is 0 Å². The second-order valence-electron chi connectivity index (χ2n) is 8.66. The molecular weight excluding hydrogens is 519 g/mol.